The molecule has 0 fully saturated rings. The van der Waals surface area contributed by atoms with Gasteiger partial charge in [0.05, 0.1) is 10.5 Å². The molecule has 0 bridgehead atoms. The van der Waals surface area contributed by atoms with Gasteiger partial charge >= 0.3 is 17.2 Å². The Balaban J connectivity index is 2.29. The van der Waals surface area contributed by atoms with Crippen molar-refractivity contribution in [3.63, 3.8) is 0 Å². The van der Waals surface area contributed by atoms with Crippen LogP contribution in [0.3, 0.4) is 0 Å². The molecule has 0 spiro atoms. The second-order valence-electron chi connectivity index (χ2n) is 5.50. The molecule has 2 rings (SSSR count). The van der Waals surface area contributed by atoms with Crippen LogP contribution in [0.5, 0.6) is 5.75 Å². The fraction of sp³-hybridized carbons (Fsp3) is 0.125. The third-order valence-corrected chi connectivity index (χ3v) is 4.91. The average Bonchev–Trinajstić information content (AvgIpc) is 2.65. The SMILES string of the molecule is O=C(Oc1ccc([N+](=O)[O-])c(C(=O)OCC(F)(F)S(=O)(=O)[O-])c1)c1cccc(I)c1. The van der Waals surface area contributed by atoms with Gasteiger partial charge in [-0.05, 0) is 46.9 Å². The molecule has 10 nitrogen and oxygen atoms in total. The van der Waals surface area contributed by atoms with Crippen molar-refractivity contribution in [1.82, 2.24) is 0 Å². The first-order chi connectivity index (χ1) is 13.8. The van der Waals surface area contributed by atoms with Gasteiger partial charge in [-0.1, -0.05) is 6.07 Å². The minimum absolute atomic E-state index is 0.129. The quantitative estimate of drug-likeness (QED) is 0.125. The molecule has 0 saturated carbocycles. The third kappa shape index (κ3) is 5.67. The van der Waals surface area contributed by atoms with Crippen molar-refractivity contribution in [2.24, 2.45) is 0 Å². The lowest BCUT2D eigenvalue weighted by Crippen LogP contribution is -2.34. The average molecular weight is 556 g/mol. The molecule has 0 aliphatic rings. The molecule has 160 valence electrons. The number of carbonyl (C=O) groups excluding carboxylic acids is 2. The Morgan fingerprint density at radius 3 is 2.37 bits per heavy atom. The van der Waals surface area contributed by atoms with E-state index in [0.29, 0.717) is 9.64 Å². The van der Waals surface area contributed by atoms with Crippen molar-refractivity contribution in [3.05, 3.63) is 67.3 Å². The van der Waals surface area contributed by atoms with Gasteiger partial charge in [0.15, 0.2) is 16.7 Å². The second kappa shape index (κ2) is 8.97. The summed E-state index contributed by atoms with van der Waals surface area (Å²) in [6.45, 7) is -2.15. The molecule has 0 amide bonds. The fourth-order valence-electron chi connectivity index (χ4n) is 1.98. The number of rotatable bonds is 7. The number of nitro benzene ring substituents is 1. The van der Waals surface area contributed by atoms with Crippen molar-refractivity contribution < 1.29 is 45.7 Å². The lowest BCUT2D eigenvalue weighted by atomic mass is 10.1. The Kier molecular flexibility index (Phi) is 7.04. The Morgan fingerprint density at radius 1 is 1.13 bits per heavy atom. The van der Waals surface area contributed by atoms with E-state index >= 15 is 0 Å². The first kappa shape index (κ1) is 23.6. The predicted octanol–water partition coefficient (Wildman–Crippen LogP) is 2.71. The molecular formula is C16H9F2INO9S-. The fourth-order valence-corrected chi connectivity index (χ4v) is 2.73. The molecule has 14 heteroatoms. The van der Waals surface area contributed by atoms with E-state index in [0.717, 1.165) is 12.1 Å². The molecule has 0 saturated heterocycles. The smallest absolute Gasteiger partial charge is 0.367 e. The number of ether oxygens (including phenoxy) is 2. The lowest BCUT2D eigenvalue weighted by Gasteiger charge is -2.19. The van der Waals surface area contributed by atoms with Gasteiger partial charge in [-0.25, -0.2) is 18.0 Å². The van der Waals surface area contributed by atoms with Crippen LogP contribution in [-0.2, 0) is 14.9 Å². The summed E-state index contributed by atoms with van der Waals surface area (Å²) >= 11 is 1.95. The molecule has 0 aliphatic heterocycles. The lowest BCUT2D eigenvalue weighted by molar-refractivity contribution is -0.385. The summed E-state index contributed by atoms with van der Waals surface area (Å²) in [5.41, 5.74) is -1.65. The summed E-state index contributed by atoms with van der Waals surface area (Å²) in [5.74, 6) is -2.94. The van der Waals surface area contributed by atoms with Gasteiger partial charge in [-0.15, -0.1) is 0 Å². The van der Waals surface area contributed by atoms with E-state index in [1.165, 1.54) is 12.1 Å². The molecule has 2 aromatic rings. The molecule has 0 unspecified atom stereocenters. The Morgan fingerprint density at radius 2 is 1.80 bits per heavy atom. The number of alkyl halides is 2. The van der Waals surface area contributed by atoms with E-state index in [9.17, 15) is 41.5 Å². The van der Waals surface area contributed by atoms with Gasteiger partial charge in [-0.2, -0.15) is 8.78 Å². The highest BCUT2D eigenvalue weighted by molar-refractivity contribution is 14.1. The number of hydrogen-bond acceptors (Lipinski definition) is 9. The summed E-state index contributed by atoms with van der Waals surface area (Å²) in [4.78, 5) is 34.2. The van der Waals surface area contributed by atoms with Gasteiger partial charge in [-0.3, -0.25) is 10.1 Å². The van der Waals surface area contributed by atoms with E-state index in [4.69, 9.17) is 4.74 Å². The van der Waals surface area contributed by atoms with Crippen molar-refractivity contribution in [2.75, 3.05) is 6.61 Å². The third-order valence-electron chi connectivity index (χ3n) is 3.39. The maximum absolute atomic E-state index is 13.2. The van der Waals surface area contributed by atoms with E-state index < -0.39 is 50.1 Å². The minimum Gasteiger partial charge on any atom is -0.743 e. The maximum Gasteiger partial charge on any atom is 0.367 e. The molecule has 30 heavy (non-hydrogen) atoms. The highest BCUT2D eigenvalue weighted by Crippen LogP contribution is 2.27. The van der Waals surface area contributed by atoms with Crippen LogP contribution in [0.15, 0.2) is 42.5 Å². The highest BCUT2D eigenvalue weighted by atomic mass is 127. The predicted molar refractivity (Wildman–Crippen MR) is 102 cm³/mol. The first-order valence-electron chi connectivity index (χ1n) is 7.58. The van der Waals surface area contributed by atoms with Crippen LogP contribution in [0.25, 0.3) is 0 Å². The Labute approximate surface area is 180 Å². The van der Waals surface area contributed by atoms with Crippen molar-refractivity contribution >= 4 is 50.3 Å². The van der Waals surface area contributed by atoms with Crippen molar-refractivity contribution in [1.29, 1.82) is 0 Å². The largest absolute Gasteiger partial charge is 0.743 e. The van der Waals surface area contributed by atoms with Crippen molar-refractivity contribution in [3.8, 4) is 5.75 Å². The summed E-state index contributed by atoms with van der Waals surface area (Å²) in [5, 5.41) is 6.14. The summed E-state index contributed by atoms with van der Waals surface area (Å²) in [7, 11) is -6.13. The van der Waals surface area contributed by atoms with E-state index in [1.807, 2.05) is 22.6 Å². The topological polar surface area (TPSA) is 153 Å². The Hall–Kier alpha value is -2.72. The zero-order chi connectivity index (χ0) is 22.7. The van der Waals surface area contributed by atoms with Gasteiger partial charge in [0.1, 0.15) is 11.3 Å². The second-order valence-corrected chi connectivity index (χ2v) is 8.25. The van der Waals surface area contributed by atoms with Crippen LogP contribution in [0, 0.1) is 13.7 Å². The van der Waals surface area contributed by atoms with E-state index in [-0.39, 0.29) is 11.3 Å². The van der Waals surface area contributed by atoms with Crippen LogP contribution in [0.4, 0.5) is 14.5 Å². The maximum atomic E-state index is 13.2. The minimum atomic E-state index is -6.13. The standard InChI is InChI=1S/C16H10F2INO9S/c17-16(18,30(25,26)27)8-28-15(22)12-7-11(4-5-13(12)20(23)24)29-14(21)9-2-1-3-10(19)6-9/h1-7H,8H2,(H,25,26,27)/p-1. The summed E-state index contributed by atoms with van der Waals surface area (Å²) in [6, 6.07) is 8.62. The van der Waals surface area contributed by atoms with Gasteiger partial charge in [0.2, 0.25) is 0 Å². The number of carbonyl (C=O) groups is 2. The van der Waals surface area contributed by atoms with Crippen LogP contribution in [-0.4, -0.2) is 41.7 Å². The molecule has 0 heterocycles. The summed E-state index contributed by atoms with van der Waals surface area (Å²) in [6.07, 6.45) is 0. The molecule has 0 atom stereocenters. The van der Waals surface area contributed by atoms with Crippen molar-refractivity contribution in [2.45, 2.75) is 5.25 Å². The number of benzene rings is 2. The van der Waals surface area contributed by atoms with Crippen LogP contribution in [0.1, 0.15) is 20.7 Å². The summed E-state index contributed by atoms with van der Waals surface area (Å²) < 4.78 is 67.4. The molecule has 0 radical (unpaired) electrons. The van der Waals surface area contributed by atoms with Gasteiger partial charge < -0.3 is 14.0 Å². The normalized spacial score (nSPS) is 11.6. The van der Waals surface area contributed by atoms with Gasteiger partial charge in [0.25, 0.3) is 5.69 Å². The highest BCUT2D eigenvalue weighted by Gasteiger charge is 2.40. The monoisotopic (exact) mass is 556 g/mol. The van der Waals surface area contributed by atoms with E-state index in [1.54, 1.807) is 12.1 Å². The van der Waals surface area contributed by atoms with Crippen LogP contribution in [0.2, 0.25) is 0 Å². The first-order valence-corrected chi connectivity index (χ1v) is 10.1. The molecule has 0 aliphatic carbocycles. The molecular weight excluding hydrogens is 547 g/mol. The van der Waals surface area contributed by atoms with Gasteiger partial charge in [0, 0.05) is 15.7 Å². The van der Waals surface area contributed by atoms with Crippen LogP contribution >= 0.6 is 22.6 Å². The molecule has 2 aromatic carbocycles. The number of nitro groups is 1. The number of halogens is 3. The number of hydrogen-bond donors (Lipinski definition) is 0. The molecule has 0 N–H and O–H groups in total. The number of nitrogens with zero attached hydrogens (tertiary/aromatic N) is 1. The number of esters is 2. The Bertz CT molecular complexity index is 1120. The molecule has 0 aromatic heterocycles. The van der Waals surface area contributed by atoms with E-state index in [2.05, 4.69) is 4.74 Å². The zero-order valence-electron chi connectivity index (χ0n) is 14.4. The zero-order valence-corrected chi connectivity index (χ0v) is 17.4. The van der Waals surface area contributed by atoms with Crippen LogP contribution < -0.4 is 4.74 Å².